The Labute approximate surface area is 111 Å². The molecule has 0 N–H and O–H groups in total. The summed E-state index contributed by atoms with van der Waals surface area (Å²) in [6, 6.07) is 0. The molecule has 0 amide bonds. The molecule has 0 spiro atoms. The standard InChI is InChI=1S/C12H26S3/c13-9-5-1-3-7-11-15-12-8-4-2-6-10-14/h13-14H,1-12H2. The average Bonchev–Trinajstić information content (AvgIpc) is 2.26. The van der Waals surface area contributed by atoms with E-state index in [2.05, 4.69) is 37.0 Å². The second-order valence-corrected chi connectivity index (χ2v) is 6.01. The van der Waals surface area contributed by atoms with Crippen molar-refractivity contribution in [1.29, 1.82) is 0 Å². The van der Waals surface area contributed by atoms with Crippen molar-refractivity contribution in [3.8, 4) is 0 Å². The third-order valence-corrected chi connectivity index (χ3v) is 4.18. The molecule has 15 heavy (non-hydrogen) atoms. The van der Waals surface area contributed by atoms with Crippen LogP contribution in [0.1, 0.15) is 51.4 Å². The zero-order valence-electron chi connectivity index (χ0n) is 9.79. The fourth-order valence-corrected chi connectivity index (χ4v) is 2.91. The topological polar surface area (TPSA) is 0 Å². The van der Waals surface area contributed by atoms with Crippen molar-refractivity contribution in [3.05, 3.63) is 0 Å². The first-order valence-corrected chi connectivity index (χ1v) is 8.63. The molecule has 92 valence electrons. The molecule has 0 rings (SSSR count). The van der Waals surface area contributed by atoms with E-state index in [9.17, 15) is 0 Å². The number of rotatable bonds is 12. The molecule has 0 atom stereocenters. The maximum absolute atomic E-state index is 4.21. The Kier molecular flexibility index (Phi) is 16.1. The van der Waals surface area contributed by atoms with Gasteiger partial charge in [0.25, 0.3) is 0 Å². The first-order chi connectivity index (χ1) is 7.41. The van der Waals surface area contributed by atoms with Gasteiger partial charge in [-0.05, 0) is 48.7 Å². The van der Waals surface area contributed by atoms with E-state index in [4.69, 9.17) is 0 Å². The summed E-state index contributed by atoms with van der Waals surface area (Å²) in [5.41, 5.74) is 0. The van der Waals surface area contributed by atoms with Crippen molar-refractivity contribution in [1.82, 2.24) is 0 Å². The van der Waals surface area contributed by atoms with Crippen molar-refractivity contribution in [2.24, 2.45) is 0 Å². The highest BCUT2D eigenvalue weighted by molar-refractivity contribution is 7.99. The smallest absolute Gasteiger partial charge is 0.00675 e. The molecule has 0 saturated carbocycles. The van der Waals surface area contributed by atoms with Gasteiger partial charge >= 0.3 is 0 Å². The van der Waals surface area contributed by atoms with Gasteiger partial charge in [-0.25, -0.2) is 0 Å². The Balaban J connectivity index is 2.81. The summed E-state index contributed by atoms with van der Waals surface area (Å²) in [5.74, 6) is 4.83. The minimum Gasteiger partial charge on any atom is -0.179 e. The Morgan fingerprint density at radius 1 is 0.533 bits per heavy atom. The largest absolute Gasteiger partial charge is 0.179 e. The molecular weight excluding hydrogens is 240 g/mol. The molecule has 0 aliphatic heterocycles. The summed E-state index contributed by atoms with van der Waals surface area (Å²) in [4.78, 5) is 0. The highest BCUT2D eigenvalue weighted by atomic mass is 32.2. The molecule has 0 heterocycles. The zero-order chi connectivity index (χ0) is 11.2. The minimum absolute atomic E-state index is 1.05. The van der Waals surface area contributed by atoms with Crippen LogP contribution < -0.4 is 0 Å². The monoisotopic (exact) mass is 266 g/mol. The maximum Gasteiger partial charge on any atom is -0.00675 e. The van der Waals surface area contributed by atoms with E-state index < -0.39 is 0 Å². The van der Waals surface area contributed by atoms with Crippen LogP contribution in [-0.4, -0.2) is 23.0 Å². The Hall–Kier alpha value is 1.05. The average molecular weight is 267 g/mol. The molecule has 0 bridgehead atoms. The van der Waals surface area contributed by atoms with Crippen molar-refractivity contribution >= 4 is 37.0 Å². The first kappa shape index (κ1) is 16.1. The van der Waals surface area contributed by atoms with E-state index in [0.717, 1.165) is 11.5 Å². The van der Waals surface area contributed by atoms with Crippen LogP contribution in [0.2, 0.25) is 0 Å². The molecular formula is C12H26S3. The van der Waals surface area contributed by atoms with E-state index in [1.807, 2.05) is 0 Å². The van der Waals surface area contributed by atoms with Gasteiger partial charge in [0.1, 0.15) is 0 Å². The third kappa shape index (κ3) is 15.1. The Bertz CT molecular complexity index is 95.0. The fourth-order valence-electron chi connectivity index (χ4n) is 1.44. The molecule has 3 heteroatoms. The zero-order valence-corrected chi connectivity index (χ0v) is 12.4. The molecule has 0 fully saturated rings. The molecule has 0 radical (unpaired) electrons. The van der Waals surface area contributed by atoms with Crippen LogP contribution in [0.25, 0.3) is 0 Å². The van der Waals surface area contributed by atoms with Crippen LogP contribution in [0, 0.1) is 0 Å². The quantitative estimate of drug-likeness (QED) is 0.381. The number of hydrogen-bond acceptors (Lipinski definition) is 3. The van der Waals surface area contributed by atoms with Crippen LogP contribution in [-0.2, 0) is 0 Å². The molecule has 0 nitrogen and oxygen atoms in total. The Morgan fingerprint density at radius 2 is 0.933 bits per heavy atom. The van der Waals surface area contributed by atoms with Crippen molar-refractivity contribution in [3.63, 3.8) is 0 Å². The second-order valence-electron chi connectivity index (χ2n) is 3.89. The lowest BCUT2D eigenvalue weighted by Crippen LogP contribution is -1.86. The first-order valence-electron chi connectivity index (χ1n) is 6.21. The summed E-state index contributed by atoms with van der Waals surface area (Å²) >= 11 is 10.5. The predicted octanol–water partition coefficient (Wildman–Crippen LogP) is 4.70. The van der Waals surface area contributed by atoms with Crippen LogP contribution in [0.4, 0.5) is 0 Å². The van der Waals surface area contributed by atoms with Gasteiger partial charge < -0.3 is 0 Å². The summed E-state index contributed by atoms with van der Waals surface area (Å²) < 4.78 is 0. The lowest BCUT2D eigenvalue weighted by molar-refractivity contribution is 0.705. The van der Waals surface area contributed by atoms with Gasteiger partial charge in [-0.1, -0.05) is 25.7 Å². The van der Waals surface area contributed by atoms with Crippen LogP contribution >= 0.6 is 37.0 Å². The predicted molar refractivity (Wildman–Crippen MR) is 82.0 cm³/mol. The molecule has 0 aromatic heterocycles. The number of unbranched alkanes of at least 4 members (excludes halogenated alkanes) is 6. The van der Waals surface area contributed by atoms with Crippen molar-refractivity contribution < 1.29 is 0 Å². The number of thiol groups is 2. The maximum atomic E-state index is 4.21. The van der Waals surface area contributed by atoms with Gasteiger partial charge in [0.05, 0.1) is 0 Å². The molecule has 0 aromatic carbocycles. The second kappa shape index (κ2) is 15.0. The lowest BCUT2D eigenvalue weighted by Gasteiger charge is -2.01. The Morgan fingerprint density at radius 3 is 1.33 bits per heavy atom. The van der Waals surface area contributed by atoms with Gasteiger partial charge in [0.15, 0.2) is 0 Å². The molecule has 0 unspecified atom stereocenters. The highest BCUT2D eigenvalue weighted by Gasteiger charge is 1.92. The van der Waals surface area contributed by atoms with Gasteiger partial charge in [0, 0.05) is 0 Å². The molecule has 0 aromatic rings. The van der Waals surface area contributed by atoms with E-state index in [-0.39, 0.29) is 0 Å². The highest BCUT2D eigenvalue weighted by Crippen LogP contribution is 2.11. The summed E-state index contributed by atoms with van der Waals surface area (Å²) in [5, 5.41) is 0. The van der Waals surface area contributed by atoms with E-state index in [0.29, 0.717) is 0 Å². The van der Waals surface area contributed by atoms with Gasteiger partial charge in [-0.3, -0.25) is 0 Å². The normalized spacial score (nSPS) is 10.8. The van der Waals surface area contributed by atoms with Crippen LogP contribution in [0.3, 0.4) is 0 Å². The number of thioether (sulfide) groups is 1. The molecule has 0 aliphatic carbocycles. The van der Waals surface area contributed by atoms with Gasteiger partial charge in [0.2, 0.25) is 0 Å². The number of hydrogen-bond donors (Lipinski definition) is 2. The SMILES string of the molecule is SCCCCCCSCCCCCCS. The minimum atomic E-state index is 1.05. The summed E-state index contributed by atoms with van der Waals surface area (Å²) in [6.07, 6.45) is 10.9. The van der Waals surface area contributed by atoms with Gasteiger partial charge in [-0.15, -0.1) is 0 Å². The summed E-state index contributed by atoms with van der Waals surface area (Å²) in [7, 11) is 0. The van der Waals surface area contributed by atoms with E-state index in [1.165, 1.54) is 62.9 Å². The van der Waals surface area contributed by atoms with Gasteiger partial charge in [-0.2, -0.15) is 37.0 Å². The molecule has 0 saturated heterocycles. The van der Waals surface area contributed by atoms with E-state index >= 15 is 0 Å². The van der Waals surface area contributed by atoms with Crippen molar-refractivity contribution in [2.45, 2.75) is 51.4 Å². The summed E-state index contributed by atoms with van der Waals surface area (Å²) in [6.45, 7) is 0. The van der Waals surface area contributed by atoms with E-state index in [1.54, 1.807) is 0 Å². The van der Waals surface area contributed by atoms with Crippen molar-refractivity contribution in [2.75, 3.05) is 23.0 Å². The van der Waals surface area contributed by atoms with Crippen LogP contribution in [0.15, 0.2) is 0 Å². The third-order valence-electron chi connectivity index (χ3n) is 2.39. The van der Waals surface area contributed by atoms with Crippen LogP contribution in [0.5, 0.6) is 0 Å². The fraction of sp³-hybridized carbons (Fsp3) is 1.00. The lowest BCUT2D eigenvalue weighted by atomic mass is 10.2. The molecule has 0 aliphatic rings.